The second-order valence-electron chi connectivity index (χ2n) is 7.16. The fraction of sp³-hybridized carbons (Fsp3) is 0.286. The quantitative estimate of drug-likeness (QED) is 0.441. The number of carbonyl (C=O) groups is 1. The van der Waals surface area contributed by atoms with Gasteiger partial charge in [0.1, 0.15) is 5.82 Å². The third kappa shape index (κ3) is 3.86. The summed E-state index contributed by atoms with van der Waals surface area (Å²) >= 11 is 0. The number of nitrogens with zero attached hydrogens (tertiary/aromatic N) is 1. The number of hydrogen-bond donors (Lipinski definition) is 3. The molecule has 1 fully saturated rings. The van der Waals surface area contributed by atoms with E-state index in [1.54, 1.807) is 17.6 Å². The molecule has 3 N–H and O–H groups in total. The molecule has 2 aromatic carbocycles. The number of anilines is 1. The summed E-state index contributed by atoms with van der Waals surface area (Å²) in [5, 5.41) is 12.0. The van der Waals surface area contributed by atoms with Gasteiger partial charge in [-0.2, -0.15) is 0 Å². The topological polar surface area (TPSA) is 64.6 Å². The van der Waals surface area contributed by atoms with Gasteiger partial charge in [0.25, 0.3) is 5.91 Å². The molecule has 0 aliphatic carbocycles. The molecule has 0 bridgehead atoms. The Morgan fingerprint density at radius 1 is 1.30 bits per heavy atom. The Balaban J connectivity index is 1.41. The summed E-state index contributed by atoms with van der Waals surface area (Å²) in [5.41, 5.74) is 5.82. The molecule has 2 aromatic rings. The highest BCUT2D eigenvalue weighted by molar-refractivity contribution is 5.90. The van der Waals surface area contributed by atoms with Crippen molar-refractivity contribution in [3.8, 4) is 0 Å². The predicted octanol–water partition coefficient (Wildman–Crippen LogP) is 3.13. The Morgan fingerprint density at radius 3 is 2.89 bits per heavy atom. The smallest absolute Gasteiger partial charge is 0.267 e. The summed E-state index contributed by atoms with van der Waals surface area (Å²) in [6.07, 6.45) is 3.97. The highest BCUT2D eigenvalue weighted by atomic mass is 19.1. The molecule has 0 radical (unpaired) electrons. The molecule has 140 valence electrons. The summed E-state index contributed by atoms with van der Waals surface area (Å²) in [4.78, 5) is 13.4. The molecule has 0 spiro atoms. The number of fused-ring (bicyclic) bond motifs is 3. The molecular weight excluding hydrogens is 345 g/mol. The molecule has 4 rings (SSSR count). The monoisotopic (exact) mass is 367 g/mol. The van der Waals surface area contributed by atoms with Gasteiger partial charge in [0.2, 0.25) is 0 Å². The molecule has 5 nitrogen and oxygen atoms in total. The lowest BCUT2D eigenvalue weighted by molar-refractivity contribution is -0.124. The Morgan fingerprint density at radius 2 is 2.11 bits per heavy atom. The third-order valence-electron chi connectivity index (χ3n) is 5.37. The Labute approximate surface area is 157 Å². The normalized spacial score (nSPS) is 21.6. The second-order valence-corrected chi connectivity index (χ2v) is 7.16. The van der Waals surface area contributed by atoms with E-state index in [-0.39, 0.29) is 5.82 Å². The molecule has 2 aliphatic rings. The van der Waals surface area contributed by atoms with Crippen LogP contribution in [0.15, 0.2) is 48.5 Å². The van der Waals surface area contributed by atoms with Crippen LogP contribution in [0.2, 0.25) is 0 Å². The van der Waals surface area contributed by atoms with Crippen LogP contribution in [0.25, 0.3) is 6.08 Å². The van der Waals surface area contributed by atoms with Crippen LogP contribution in [0.5, 0.6) is 0 Å². The number of amides is 1. The first kappa shape index (κ1) is 17.7. The van der Waals surface area contributed by atoms with Crippen LogP contribution in [0, 0.1) is 5.82 Å². The average molecular weight is 367 g/mol. The Hall–Kier alpha value is -2.70. The van der Waals surface area contributed by atoms with Gasteiger partial charge < -0.3 is 5.32 Å². The largest absolute Gasteiger partial charge is 0.381 e. The molecule has 2 atom stereocenters. The van der Waals surface area contributed by atoms with E-state index in [9.17, 15) is 9.18 Å². The van der Waals surface area contributed by atoms with Crippen molar-refractivity contribution >= 4 is 17.7 Å². The number of carbonyl (C=O) groups excluding carboxylic acids is 1. The van der Waals surface area contributed by atoms with Crippen LogP contribution in [-0.2, 0) is 11.3 Å². The van der Waals surface area contributed by atoms with Crippen molar-refractivity contribution in [1.82, 2.24) is 10.4 Å². The highest BCUT2D eigenvalue weighted by Gasteiger charge is 2.36. The van der Waals surface area contributed by atoms with Crippen molar-refractivity contribution in [2.75, 3.05) is 18.4 Å². The molecule has 0 saturated carbocycles. The minimum absolute atomic E-state index is 0.174. The van der Waals surface area contributed by atoms with Crippen LogP contribution < -0.4 is 10.8 Å². The van der Waals surface area contributed by atoms with E-state index < -0.39 is 5.91 Å². The number of halogens is 1. The number of piperidine rings is 1. The summed E-state index contributed by atoms with van der Waals surface area (Å²) in [6, 6.07) is 13.4. The molecule has 27 heavy (non-hydrogen) atoms. The van der Waals surface area contributed by atoms with Crippen molar-refractivity contribution in [2.24, 2.45) is 0 Å². The number of benzene rings is 2. The van der Waals surface area contributed by atoms with Crippen molar-refractivity contribution in [3.63, 3.8) is 0 Å². The van der Waals surface area contributed by atoms with Gasteiger partial charge in [-0.15, -0.1) is 0 Å². The molecular formula is C21H22FN3O2. The van der Waals surface area contributed by atoms with Gasteiger partial charge in [0.15, 0.2) is 0 Å². The van der Waals surface area contributed by atoms with Crippen molar-refractivity contribution < 1.29 is 14.4 Å². The first-order valence-electron chi connectivity index (χ1n) is 9.12. The van der Waals surface area contributed by atoms with Gasteiger partial charge >= 0.3 is 0 Å². The van der Waals surface area contributed by atoms with Gasteiger partial charge in [-0.3, -0.25) is 14.9 Å². The maximum atomic E-state index is 13.7. The van der Waals surface area contributed by atoms with Crippen molar-refractivity contribution in [3.05, 3.63) is 71.0 Å². The van der Waals surface area contributed by atoms with E-state index in [1.807, 2.05) is 30.3 Å². The highest BCUT2D eigenvalue weighted by Crippen LogP contribution is 2.40. The van der Waals surface area contributed by atoms with E-state index in [1.165, 1.54) is 17.7 Å². The summed E-state index contributed by atoms with van der Waals surface area (Å²) < 4.78 is 13.7. The van der Waals surface area contributed by atoms with E-state index in [0.29, 0.717) is 12.0 Å². The van der Waals surface area contributed by atoms with Crippen LogP contribution >= 0.6 is 0 Å². The Bertz CT molecular complexity index is 866. The Kier molecular flexibility index (Phi) is 4.92. The zero-order valence-corrected chi connectivity index (χ0v) is 14.9. The minimum atomic E-state index is -0.552. The fourth-order valence-corrected chi connectivity index (χ4v) is 4.02. The predicted molar refractivity (Wildman–Crippen MR) is 102 cm³/mol. The lowest BCUT2D eigenvalue weighted by Crippen LogP contribution is -2.41. The van der Waals surface area contributed by atoms with Crippen LogP contribution in [-0.4, -0.2) is 35.1 Å². The lowest BCUT2D eigenvalue weighted by Gasteiger charge is -2.35. The molecule has 0 aromatic heterocycles. The fourth-order valence-electron chi connectivity index (χ4n) is 4.02. The van der Waals surface area contributed by atoms with E-state index in [2.05, 4.69) is 10.2 Å². The molecule has 2 heterocycles. The zero-order chi connectivity index (χ0) is 18.8. The number of hydrogen-bond acceptors (Lipinski definition) is 4. The average Bonchev–Trinajstić information content (AvgIpc) is 3.04. The van der Waals surface area contributed by atoms with Gasteiger partial charge in [-0.25, -0.2) is 9.87 Å². The van der Waals surface area contributed by atoms with Crippen LogP contribution in [0.4, 0.5) is 10.1 Å². The molecule has 1 saturated heterocycles. The van der Waals surface area contributed by atoms with Gasteiger partial charge in [-0.1, -0.05) is 24.3 Å². The maximum Gasteiger partial charge on any atom is 0.267 e. The van der Waals surface area contributed by atoms with Crippen molar-refractivity contribution in [1.29, 1.82) is 0 Å². The van der Waals surface area contributed by atoms with Crippen LogP contribution in [0.1, 0.15) is 29.0 Å². The summed E-state index contributed by atoms with van der Waals surface area (Å²) in [7, 11) is 0. The molecule has 6 heteroatoms. The molecule has 1 amide bonds. The zero-order valence-electron chi connectivity index (χ0n) is 14.9. The minimum Gasteiger partial charge on any atom is -0.381 e. The van der Waals surface area contributed by atoms with E-state index >= 15 is 0 Å². The number of rotatable bonds is 4. The lowest BCUT2D eigenvalue weighted by atomic mass is 9.89. The van der Waals surface area contributed by atoms with Crippen LogP contribution in [0.3, 0.4) is 0 Å². The summed E-state index contributed by atoms with van der Waals surface area (Å²) in [5.74, 6) is -0.403. The summed E-state index contributed by atoms with van der Waals surface area (Å²) in [6.45, 7) is 2.75. The number of nitrogens with one attached hydrogen (secondary N) is 2. The standard InChI is InChI=1S/C21H22FN3O2/c22-16-6-7-19-17(11-16)18-13-25(10-9-20(18)23-19)12-15-3-1-14(2-4-15)5-8-21(26)24-27/h1-8,11,18,20,23,27H,9-10,12-13H2,(H,24,26). The molecule has 2 aliphatic heterocycles. The maximum absolute atomic E-state index is 13.7. The number of likely N-dealkylation sites (tertiary alicyclic amines) is 1. The first-order chi connectivity index (χ1) is 13.1. The second kappa shape index (κ2) is 7.50. The van der Waals surface area contributed by atoms with Crippen molar-refractivity contribution in [2.45, 2.75) is 24.9 Å². The van der Waals surface area contributed by atoms with Gasteiger partial charge in [-0.05, 0) is 47.4 Å². The molecule has 2 unspecified atom stereocenters. The third-order valence-corrected chi connectivity index (χ3v) is 5.37. The van der Waals surface area contributed by atoms with Gasteiger partial charge in [0.05, 0.1) is 0 Å². The number of hydroxylamine groups is 1. The van der Waals surface area contributed by atoms with E-state index in [0.717, 1.165) is 42.9 Å². The SMILES string of the molecule is O=C(C=Cc1ccc(CN2CCC3Nc4ccc(F)cc4C3C2)cc1)NO. The first-order valence-corrected chi connectivity index (χ1v) is 9.12. The van der Waals surface area contributed by atoms with E-state index in [4.69, 9.17) is 5.21 Å². The van der Waals surface area contributed by atoms with Gasteiger partial charge in [0, 0.05) is 43.4 Å².